The van der Waals surface area contributed by atoms with Gasteiger partial charge in [0.05, 0.1) is 6.04 Å². The van der Waals surface area contributed by atoms with E-state index in [2.05, 4.69) is 26.1 Å². The largest absolute Gasteiger partial charge is 0.354 e. The van der Waals surface area contributed by atoms with Crippen molar-refractivity contribution < 1.29 is 4.79 Å². The molecule has 3 nitrogen and oxygen atoms in total. The highest BCUT2D eigenvalue weighted by Gasteiger charge is 2.32. The smallest absolute Gasteiger partial charge is 0.236 e. The van der Waals surface area contributed by atoms with Crippen LogP contribution in [0.3, 0.4) is 0 Å². The first kappa shape index (κ1) is 12.5. The van der Waals surface area contributed by atoms with E-state index in [4.69, 9.17) is 5.73 Å². The minimum atomic E-state index is -0.339. The fourth-order valence-electron chi connectivity index (χ4n) is 2.00. The Morgan fingerprint density at radius 3 is 2.47 bits per heavy atom. The molecule has 3 heteroatoms. The maximum absolute atomic E-state index is 11.6. The summed E-state index contributed by atoms with van der Waals surface area (Å²) in [7, 11) is 0. The van der Waals surface area contributed by atoms with Crippen molar-refractivity contribution in [3.05, 3.63) is 0 Å². The van der Waals surface area contributed by atoms with Crippen LogP contribution >= 0.6 is 0 Å². The van der Waals surface area contributed by atoms with Crippen LogP contribution in [0.1, 0.15) is 46.5 Å². The molecule has 0 spiro atoms. The van der Waals surface area contributed by atoms with Crippen LogP contribution in [-0.2, 0) is 4.79 Å². The number of rotatable bonds is 5. The summed E-state index contributed by atoms with van der Waals surface area (Å²) in [4.78, 5) is 11.6. The highest BCUT2D eigenvalue weighted by Crippen LogP contribution is 2.39. The molecular formula is C12H24N2O. The van der Waals surface area contributed by atoms with Crippen molar-refractivity contribution >= 4 is 5.91 Å². The topological polar surface area (TPSA) is 55.1 Å². The fraction of sp³-hybridized carbons (Fsp3) is 0.917. The Hall–Kier alpha value is -0.570. The first-order valence-electron chi connectivity index (χ1n) is 5.96. The van der Waals surface area contributed by atoms with E-state index in [-0.39, 0.29) is 11.9 Å². The quantitative estimate of drug-likeness (QED) is 0.728. The molecule has 0 aliphatic heterocycles. The lowest BCUT2D eigenvalue weighted by Gasteiger charge is -2.38. The van der Waals surface area contributed by atoms with Crippen LogP contribution in [0.5, 0.6) is 0 Å². The van der Waals surface area contributed by atoms with Crippen LogP contribution in [0, 0.1) is 11.3 Å². The number of nitrogens with two attached hydrogens (primary N) is 1. The van der Waals surface area contributed by atoms with Gasteiger partial charge in [-0.15, -0.1) is 0 Å². The molecule has 0 radical (unpaired) electrons. The molecule has 1 atom stereocenters. The lowest BCUT2D eigenvalue weighted by atomic mass is 9.70. The maximum atomic E-state index is 11.6. The third-order valence-electron chi connectivity index (χ3n) is 3.31. The predicted molar refractivity (Wildman–Crippen MR) is 62.4 cm³/mol. The summed E-state index contributed by atoms with van der Waals surface area (Å²) in [5.41, 5.74) is 6.14. The molecule has 15 heavy (non-hydrogen) atoms. The summed E-state index contributed by atoms with van der Waals surface area (Å²) < 4.78 is 0. The lowest BCUT2D eigenvalue weighted by molar-refractivity contribution is -0.123. The second-order valence-electron chi connectivity index (χ2n) is 5.62. The van der Waals surface area contributed by atoms with Gasteiger partial charge < -0.3 is 11.1 Å². The van der Waals surface area contributed by atoms with Crippen LogP contribution in [-0.4, -0.2) is 18.5 Å². The van der Waals surface area contributed by atoms with Crippen molar-refractivity contribution in [2.45, 2.75) is 52.5 Å². The number of nitrogens with one attached hydrogen (secondary N) is 1. The van der Waals surface area contributed by atoms with E-state index in [1.165, 1.54) is 19.3 Å². The van der Waals surface area contributed by atoms with E-state index in [9.17, 15) is 4.79 Å². The summed E-state index contributed by atoms with van der Waals surface area (Å²) in [6.45, 7) is 7.18. The van der Waals surface area contributed by atoms with E-state index in [1.54, 1.807) is 0 Å². The van der Waals surface area contributed by atoms with Crippen LogP contribution in [0.15, 0.2) is 0 Å². The number of carbonyl (C=O) groups excluding carboxylic acids is 1. The summed E-state index contributed by atoms with van der Waals surface area (Å²) in [5, 5.41) is 2.97. The molecule has 1 amide bonds. The van der Waals surface area contributed by atoms with E-state index in [0.717, 1.165) is 13.0 Å². The number of hydrogen-bond acceptors (Lipinski definition) is 2. The SMILES string of the molecule is CC(C)C[C@H](N)C(=O)NCC1(C)CCC1. The Morgan fingerprint density at radius 2 is 2.07 bits per heavy atom. The minimum Gasteiger partial charge on any atom is -0.354 e. The molecule has 1 saturated carbocycles. The van der Waals surface area contributed by atoms with Gasteiger partial charge in [-0.2, -0.15) is 0 Å². The van der Waals surface area contributed by atoms with Crippen LogP contribution in [0.4, 0.5) is 0 Å². The monoisotopic (exact) mass is 212 g/mol. The summed E-state index contributed by atoms with van der Waals surface area (Å²) in [5.74, 6) is 0.488. The van der Waals surface area contributed by atoms with Crippen LogP contribution in [0.2, 0.25) is 0 Å². The van der Waals surface area contributed by atoms with Crippen molar-refractivity contribution in [1.29, 1.82) is 0 Å². The molecular weight excluding hydrogens is 188 g/mol. The predicted octanol–water partition coefficient (Wildman–Crippen LogP) is 1.67. The van der Waals surface area contributed by atoms with Crippen molar-refractivity contribution in [1.82, 2.24) is 5.32 Å². The maximum Gasteiger partial charge on any atom is 0.236 e. The Bertz CT molecular complexity index is 222. The third kappa shape index (κ3) is 3.82. The van der Waals surface area contributed by atoms with E-state index >= 15 is 0 Å². The summed E-state index contributed by atoms with van der Waals surface area (Å²) in [6.07, 6.45) is 4.52. The molecule has 1 rings (SSSR count). The van der Waals surface area contributed by atoms with Crippen molar-refractivity contribution in [2.24, 2.45) is 17.1 Å². The van der Waals surface area contributed by atoms with Gasteiger partial charge in [0.2, 0.25) is 5.91 Å². The fourth-order valence-corrected chi connectivity index (χ4v) is 2.00. The zero-order valence-electron chi connectivity index (χ0n) is 10.2. The average molecular weight is 212 g/mol. The second-order valence-corrected chi connectivity index (χ2v) is 5.62. The molecule has 0 bridgehead atoms. The average Bonchev–Trinajstić information content (AvgIpc) is 2.10. The van der Waals surface area contributed by atoms with Crippen LogP contribution in [0.25, 0.3) is 0 Å². The Morgan fingerprint density at radius 1 is 1.47 bits per heavy atom. The Balaban J connectivity index is 2.23. The highest BCUT2D eigenvalue weighted by atomic mass is 16.2. The summed E-state index contributed by atoms with van der Waals surface area (Å²) >= 11 is 0. The molecule has 1 aliphatic rings. The highest BCUT2D eigenvalue weighted by molar-refractivity contribution is 5.81. The molecule has 88 valence electrons. The number of amides is 1. The Labute approximate surface area is 92.8 Å². The van der Waals surface area contributed by atoms with Gasteiger partial charge in [0.15, 0.2) is 0 Å². The second kappa shape index (κ2) is 4.97. The molecule has 1 fully saturated rings. The molecule has 0 unspecified atom stereocenters. The molecule has 0 aromatic heterocycles. The van der Waals surface area contributed by atoms with Gasteiger partial charge in [-0.3, -0.25) is 4.79 Å². The molecule has 1 aliphatic carbocycles. The molecule has 0 aromatic carbocycles. The van der Waals surface area contributed by atoms with E-state index in [0.29, 0.717) is 11.3 Å². The molecule has 0 aromatic rings. The first-order chi connectivity index (χ1) is 6.93. The normalized spacial score (nSPS) is 20.9. The molecule has 3 N–H and O–H groups in total. The van der Waals surface area contributed by atoms with Crippen molar-refractivity contribution in [3.63, 3.8) is 0 Å². The van der Waals surface area contributed by atoms with Gasteiger partial charge in [-0.05, 0) is 30.6 Å². The van der Waals surface area contributed by atoms with Crippen LogP contribution < -0.4 is 11.1 Å². The van der Waals surface area contributed by atoms with Gasteiger partial charge in [0.1, 0.15) is 0 Å². The van der Waals surface area contributed by atoms with Crippen molar-refractivity contribution in [3.8, 4) is 0 Å². The van der Waals surface area contributed by atoms with Gasteiger partial charge >= 0.3 is 0 Å². The van der Waals surface area contributed by atoms with Crippen molar-refractivity contribution in [2.75, 3.05) is 6.54 Å². The molecule has 0 heterocycles. The number of carbonyl (C=O) groups is 1. The van der Waals surface area contributed by atoms with E-state index < -0.39 is 0 Å². The zero-order chi connectivity index (χ0) is 11.5. The third-order valence-corrected chi connectivity index (χ3v) is 3.31. The standard InChI is InChI=1S/C12H24N2O/c1-9(2)7-10(13)11(15)14-8-12(3)5-4-6-12/h9-10H,4-8,13H2,1-3H3,(H,14,15)/t10-/m0/s1. The molecule has 0 saturated heterocycles. The zero-order valence-corrected chi connectivity index (χ0v) is 10.2. The summed E-state index contributed by atoms with van der Waals surface area (Å²) in [6, 6.07) is -0.339. The number of hydrogen-bond donors (Lipinski definition) is 2. The van der Waals surface area contributed by atoms with Gasteiger partial charge in [-0.25, -0.2) is 0 Å². The van der Waals surface area contributed by atoms with Gasteiger partial charge in [0, 0.05) is 6.54 Å². The lowest BCUT2D eigenvalue weighted by Crippen LogP contribution is -2.46. The first-order valence-corrected chi connectivity index (χ1v) is 5.96. The van der Waals surface area contributed by atoms with Gasteiger partial charge in [-0.1, -0.05) is 27.2 Å². The van der Waals surface area contributed by atoms with Gasteiger partial charge in [0.25, 0.3) is 0 Å². The van der Waals surface area contributed by atoms with E-state index in [1.807, 2.05) is 0 Å². The Kier molecular flexibility index (Phi) is 4.14. The minimum absolute atomic E-state index is 0.0109.